The molecule has 41 heavy (non-hydrogen) atoms. The van der Waals surface area contributed by atoms with Crippen molar-refractivity contribution in [3.05, 3.63) is 77.4 Å². The molecular weight excluding hydrogens is 523 g/mol. The Hall–Kier alpha value is -3.49. The first-order valence-electron chi connectivity index (χ1n) is 14.1. The van der Waals surface area contributed by atoms with Crippen LogP contribution >= 0.6 is 0 Å². The van der Waals surface area contributed by atoms with Crippen molar-refractivity contribution < 1.29 is 28.9 Å². The number of carbonyl (C=O) groups is 1. The molecule has 0 bridgehead atoms. The Morgan fingerprint density at radius 3 is 2.27 bits per heavy atom. The number of halogens is 1. The number of ether oxygens (including phenoxy) is 2. The van der Waals surface area contributed by atoms with Crippen LogP contribution in [0.25, 0.3) is 11.1 Å². The number of aliphatic hydroxyl groups is 1. The van der Waals surface area contributed by atoms with Crippen molar-refractivity contribution in [2.75, 3.05) is 24.6 Å². The Labute approximate surface area is 242 Å². The van der Waals surface area contributed by atoms with Gasteiger partial charge in [-0.1, -0.05) is 38.1 Å². The minimum absolute atomic E-state index is 0.185. The molecule has 7 nitrogen and oxygen atoms in total. The van der Waals surface area contributed by atoms with Crippen LogP contribution in [-0.4, -0.2) is 46.5 Å². The zero-order valence-corrected chi connectivity index (χ0v) is 24.6. The molecule has 2 N–H and O–H groups in total. The Balaban J connectivity index is 1.70. The van der Waals surface area contributed by atoms with E-state index >= 15 is 0 Å². The number of hydrogen-bond donors (Lipinski definition) is 2. The van der Waals surface area contributed by atoms with E-state index in [2.05, 4.69) is 23.7 Å². The molecule has 1 fully saturated rings. The Morgan fingerprint density at radius 1 is 1.07 bits per heavy atom. The molecule has 0 amide bonds. The first-order valence-corrected chi connectivity index (χ1v) is 14.1. The molecule has 0 unspecified atom stereocenters. The molecule has 8 heteroatoms. The largest absolute Gasteiger partial charge is 0.493 e. The number of piperidine rings is 1. The summed E-state index contributed by atoms with van der Waals surface area (Å²) in [7, 11) is 0. The van der Waals surface area contributed by atoms with E-state index in [1.165, 1.54) is 12.1 Å². The summed E-state index contributed by atoms with van der Waals surface area (Å²) >= 11 is 0. The Kier molecular flexibility index (Phi) is 9.34. The lowest BCUT2D eigenvalue weighted by molar-refractivity contribution is -0.160. The van der Waals surface area contributed by atoms with Crippen molar-refractivity contribution in [3.8, 4) is 16.9 Å². The quantitative estimate of drug-likeness (QED) is 0.288. The van der Waals surface area contributed by atoms with Gasteiger partial charge in [-0.3, -0.25) is 4.98 Å². The standard InChI is InChI=1S/C33H41FN2O5/c1-32(2,3)41-30(31(38)39)26-20-35-27(21-37)28(29(26)36-17-15-33(4,5)16-18-36)23-8-12-25(13-9-23)40-19-14-22-6-10-24(34)11-7-22/h6-13,20,30,37H,14-19,21H2,1-5H3,(H,38,39)/t30-/m0/s1. The van der Waals surface area contributed by atoms with E-state index in [1.54, 1.807) is 18.3 Å². The van der Waals surface area contributed by atoms with E-state index in [0.29, 0.717) is 35.6 Å². The van der Waals surface area contributed by atoms with Crippen LogP contribution in [0.5, 0.6) is 5.75 Å². The summed E-state index contributed by atoms with van der Waals surface area (Å²) in [5, 5.41) is 20.6. The Morgan fingerprint density at radius 2 is 1.71 bits per heavy atom. The lowest BCUT2D eigenvalue weighted by Gasteiger charge is -2.41. The van der Waals surface area contributed by atoms with Crippen LogP contribution in [0.3, 0.4) is 0 Å². The predicted molar refractivity (Wildman–Crippen MR) is 158 cm³/mol. The van der Waals surface area contributed by atoms with Gasteiger partial charge in [0.1, 0.15) is 11.6 Å². The van der Waals surface area contributed by atoms with Gasteiger partial charge >= 0.3 is 5.97 Å². The maximum Gasteiger partial charge on any atom is 0.337 e. The maximum atomic E-state index is 13.2. The molecule has 1 aliphatic rings. The Bertz CT molecular complexity index is 1320. The zero-order valence-electron chi connectivity index (χ0n) is 24.6. The van der Waals surface area contributed by atoms with Gasteiger partial charge in [-0.25, -0.2) is 9.18 Å². The first-order chi connectivity index (χ1) is 19.4. The smallest absolute Gasteiger partial charge is 0.337 e. The molecule has 2 aromatic carbocycles. The minimum Gasteiger partial charge on any atom is -0.493 e. The molecule has 0 spiro atoms. The number of aromatic nitrogens is 1. The third-order valence-corrected chi connectivity index (χ3v) is 7.44. The molecule has 1 atom stereocenters. The second kappa shape index (κ2) is 12.6. The summed E-state index contributed by atoms with van der Waals surface area (Å²) in [6.45, 7) is 11.6. The SMILES string of the molecule is CC1(C)CCN(c2c([C@H](OC(C)(C)C)C(=O)O)cnc(CO)c2-c2ccc(OCCc3ccc(F)cc3)cc2)CC1. The van der Waals surface area contributed by atoms with Gasteiger partial charge in [-0.2, -0.15) is 0 Å². The summed E-state index contributed by atoms with van der Waals surface area (Å²) in [5.74, 6) is -0.683. The highest BCUT2D eigenvalue weighted by Gasteiger charge is 2.35. The fourth-order valence-corrected chi connectivity index (χ4v) is 5.10. The van der Waals surface area contributed by atoms with E-state index in [4.69, 9.17) is 9.47 Å². The van der Waals surface area contributed by atoms with Gasteiger partial charge < -0.3 is 24.6 Å². The van der Waals surface area contributed by atoms with Crippen LogP contribution in [0, 0.1) is 11.2 Å². The van der Waals surface area contributed by atoms with Crippen molar-refractivity contribution in [3.63, 3.8) is 0 Å². The number of aliphatic carboxylic acids is 1. The third-order valence-electron chi connectivity index (χ3n) is 7.44. The molecule has 0 aliphatic carbocycles. The summed E-state index contributed by atoms with van der Waals surface area (Å²) in [6, 6.07) is 13.9. The highest BCUT2D eigenvalue weighted by molar-refractivity contribution is 5.87. The molecule has 4 rings (SSSR count). The van der Waals surface area contributed by atoms with Crippen LogP contribution in [0.15, 0.2) is 54.7 Å². The molecule has 220 valence electrons. The van der Waals surface area contributed by atoms with Crippen LogP contribution in [0.1, 0.15) is 70.4 Å². The number of anilines is 1. The third kappa shape index (κ3) is 7.83. The molecule has 1 aliphatic heterocycles. The zero-order chi connectivity index (χ0) is 29.8. The van der Waals surface area contributed by atoms with Gasteiger partial charge in [0.15, 0.2) is 6.10 Å². The van der Waals surface area contributed by atoms with E-state index < -0.39 is 17.7 Å². The average Bonchev–Trinajstić information content (AvgIpc) is 2.92. The molecular formula is C33H41FN2O5. The second-order valence-corrected chi connectivity index (χ2v) is 12.4. The van der Waals surface area contributed by atoms with Crippen LogP contribution < -0.4 is 9.64 Å². The average molecular weight is 565 g/mol. The predicted octanol–water partition coefficient (Wildman–Crippen LogP) is 6.57. The summed E-state index contributed by atoms with van der Waals surface area (Å²) < 4.78 is 25.2. The fraction of sp³-hybridized carbons (Fsp3) is 0.455. The number of hydrogen-bond acceptors (Lipinski definition) is 6. The van der Waals surface area contributed by atoms with E-state index in [9.17, 15) is 19.4 Å². The maximum absolute atomic E-state index is 13.2. The number of nitrogens with zero attached hydrogens (tertiary/aromatic N) is 2. The minimum atomic E-state index is -1.23. The number of aliphatic hydroxyl groups excluding tert-OH is 1. The normalized spacial score (nSPS) is 15.9. The van der Waals surface area contributed by atoms with Gasteiger partial charge in [0, 0.05) is 36.8 Å². The molecule has 0 saturated carbocycles. The number of carboxylic acid groups (broad SMARTS) is 1. The van der Waals surface area contributed by atoms with Gasteiger partial charge in [-0.15, -0.1) is 0 Å². The summed E-state index contributed by atoms with van der Waals surface area (Å²) in [6.07, 6.45) is 2.85. The van der Waals surface area contributed by atoms with Crippen molar-refractivity contribution >= 4 is 11.7 Å². The molecule has 0 radical (unpaired) electrons. The van der Waals surface area contributed by atoms with Gasteiger partial charge in [0.25, 0.3) is 0 Å². The van der Waals surface area contributed by atoms with E-state index in [1.807, 2.05) is 45.0 Å². The number of pyridine rings is 1. The van der Waals surface area contributed by atoms with Gasteiger partial charge in [0.05, 0.1) is 30.2 Å². The highest BCUT2D eigenvalue weighted by atomic mass is 19.1. The lowest BCUT2D eigenvalue weighted by atomic mass is 9.82. The van der Waals surface area contributed by atoms with E-state index in [-0.39, 0.29) is 17.8 Å². The van der Waals surface area contributed by atoms with Crippen LogP contribution in [-0.2, 0) is 22.6 Å². The van der Waals surface area contributed by atoms with Crippen LogP contribution in [0.2, 0.25) is 0 Å². The van der Waals surface area contributed by atoms with Crippen molar-refractivity contribution in [2.24, 2.45) is 5.41 Å². The molecule has 2 heterocycles. The van der Waals surface area contributed by atoms with Gasteiger partial charge in [0.2, 0.25) is 0 Å². The highest BCUT2D eigenvalue weighted by Crippen LogP contribution is 2.44. The number of rotatable bonds is 10. The van der Waals surface area contributed by atoms with Crippen LogP contribution in [0.4, 0.5) is 10.1 Å². The monoisotopic (exact) mass is 564 g/mol. The first kappa shape index (κ1) is 30.5. The summed E-state index contributed by atoms with van der Waals surface area (Å²) in [5.41, 5.74) is 3.65. The number of benzene rings is 2. The molecule has 3 aromatic rings. The van der Waals surface area contributed by atoms with Gasteiger partial charge in [-0.05, 0) is 74.4 Å². The molecule has 1 aromatic heterocycles. The second-order valence-electron chi connectivity index (χ2n) is 12.4. The van der Waals surface area contributed by atoms with E-state index in [0.717, 1.165) is 42.7 Å². The van der Waals surface area contributed by atoms with Crippen molar-refractivity contribution in [1.82, 2.24) is 4.98 Å². The van der Waals surface area contributed by atoms with Crippen molar-refractivity contribution in [2.45, 2.75) is 72.2 Å². The molecule has 1 saturated heterocycles. The topological polar surface area (TPSA) is 92.1 Å². The fourth-order valence-electron chi connectivity index (χ4n) is 5.10. The summed E-state index contributed by atoms with van der Waals surface area (Å²) in [4.78, 5) is 19.3. The number of carboxylic acids is 1. The lowest BCUT2D eigenvalue weighted by Crippen LogP contribution is -2.39. The van der Waals surface area contributed by atoms with Crippen molar-refractivity contribution in [1.29, 1.82) is 0 Å².